The topological polar surface area (TPSA) is 76.7 Å². The third kappa shape index (κ3) is 7.49. The second kappa shape index (κ2) is 10.5. The summed E-state index contributed by atoms with van der Waals surface area (Å²) >= 11 is 0. The molecule has 0 spiro atoms. The maximum absolute atomic E-state index is 12.0. The van der Waals surface area contributed by atoms with Crippen molar-refractivity contribution in [2.75, 3.05) is 19.8 Å². The summed E-state index contributed by atoms with van der Waals surface area (Å²) in [7, 11) is 0. The number of hydrogen-bond acceptors (Lipinski definition) is 4. The molecule has 2 amide bonds. The van der Waals surface area contributed by atoms with Crippen molar-refractivity contribution >= 4 is 11.8 Å². The summed E-state index contributed by atoms with van der Waals surface area (Å²) in [5.74, 6) is 0.841. The summed E-state index contributed by atoms with van der Waals surface area (Å²) in [5.41, 5.74) is 4.57. The molecule has 2 rings (SSSR count). The largest absolute Gasteiger partial charge is 0.484 e. The van der Waals surface area contributed by atoms with Crippen LogP contribution in [0.15, 0.2) is 36.4 Å². The average Bonchev–Trinajstić information content (AvgIpc) is 2.68. The van der Waals surface area contributed by atoms with E-state index in [-0.39, 0.29) is 31.1 Å². The van der Waals surface area contributed by atoms with Crippen LogP contribution in [-0.2, 0) is 9.59 Å². The van der Waals surface area contributed by atoms with Crippen molar-refractivity contribution in [2.45, 2.75) is 40.7 Å². The molecule has 29 heavy (non-hydrogen) atoms. The maximum atomic E-state index is 12.0. The molecule has 0 heterocycles. The zero-order valence-electron chi connectivity index (χ0n) is 17.8. The van der Waals surface area contributed by atoms with Gasteiger partial charge in [-0.15, -0.1) is 0 Å². The normalized spacial score (nSPS) is 11.5. The first-order valence-corrected chi connectivity index (χ1v) is 9.70. The highest BCUT2D eigenvalue weighted by Gasteiger charge is 2.10. The van der Waals surface area contributed by atoms with E-state index in [1.54, 1.807) is 0 Å². The van der Waals surface area contributed by atoms with Crippen LogP contribution in [0.1, 0.15) is 29.2 Å². The fourth-order valence-electron chi connectivity index (χ4n) is 2.59. The highest BCUT2D eigenvalue weighted by Crippen LogP contribution is 2.17. The highest BCUT2D eigenvalue weighted by atomic mass is 16.5. The predicted molar refractivity (Wildman–Crippen MR) is 113 cm³/mol. The third-order valence-corrected chi connectivity index (χ3v) is 4.71. The molecule has 6 nitrogen and oxygen atoms in total. The molecular formula is C23H30N2O4. The van der Waals surface area contributed by atoms with Crippen LogP contribution in [0.5, 0.6) is 11.5 Å². The van der Waals surface area contributed by atoms with Crippen molar-refractivity contribution in [3.63, 3.8) is 0 Å². The standard InChI is InChI=1S/C23H30N2O4/c1-15-6-8-20(10-17(15)3)28-13-22(26)24-12-19(5)25-23(27)14-29-21-9-7-16(2)18(4)11-21/h6-11,19H,12-14H2,1-5H3,(H,24,26)(H,25,27). The highest BCUT2D eigenvalue weighted by molar-refractivity contribution is 5.79. The van der Waals surface area contributed by atoms with Crippen LogP contribution in [0.2, 0.25) is 0 Å². The van der Waals surface area contributed by atoms with E-state index in [0.717, 1.165) is 11.1 Å². The lowest BCUT2D eigenvalue weighted by Gasteiger charge is -2.16. The minimum Gasteiger partial charge on any atom is -0.484 e. The van der Waals surface area contributed by atoms with E-state index in [1.807, 2.05) is 71.0 Å². The zero-order chi connectivity index (χ0) is 21.4. The van der Waals surface area contributed by atoms with Crippen LogP contribution in [0.25, 0.3) is 0 Å². The molecule has 2 aromatic carbocycles. The Labute approximate surface area is 172 Å². The molecule has 1 unspecified atom stereocenters. The molecule has 0 radical (unpaired) electrons. The fourth-order valence-corrected chi connectivity index (χ4v) is 2.59. The molecule has 1 atom stereocenters. The van der Waals surface area contributed by atoms with E-state index in [0.29, 0.717) is 18.0 Å². The van der Waals surface area contributed by atoms with E-state index in [1.165, 1.54) is 11.1 Å². The summed E-state index contributed by atoms with van der Waals surface area (Å²) in [6.07, 6.45) is 0. The molecule has 0 aromatic heterocycles. The predicted octanol–water partition coefficient (Wildman–Crippen LogP) is 3.00. The van der Waals surface area contributed by atoms with Crippen molar-refractivity contribution in [1.29, 1.82) is 0 Å². The van der Waals surface area contributed by atoms with Gasteiger partial charge >= 0.3 is 0 Å². The Hall–Kier alpha value is -3.02. The van der Waals surface area contributed by atoms with Gasteiger partial charge in [0.1, 0.15) is 11.5 Å². The Balaban J connectivity index is 1.66. The number of amides is 2. The summed E-state index contributed by atoms with van der Waals surface area (Å²) < 4.78 is 11.0. The van der Waals surface area contributed by atoms with Gasteiger partial charge in [0, 0.05) is 12.6 Å². The Morgan fingerprint density at radius 1 is 0.793 bits per heavy atom. The molecule has 6 heteroatoms. The number of ether oxygens (including phenoxy) is 2. The molecule has 0 saturated heterocycles. The van der Waals surface area contributed by atoms with E-state index in [2.05, 4.69) is 10.6 Å². The van der Waals surface area contributed by atoms with Crippen molar-refractivity contribution in [3.8, 4) is 11.5 Å². The van der Waals surface area contributed by atoms with Crippen molar-refractivity contribution in [2.24, 2.45) is 0 Å². The van der Waals surface area contributed by atoms with E-state index >= 15 is 0 Å². The lowest BCUT2D eigenvalue weighted by Crippen LogP contribution is -2.44. The van der Waals surface area contributed by atoms with E-state index < -0.39 is 0 Å². The molecule has 0 saturated carbocycles. The first-order chi connectivity index (χ1) is 13.7. The molecule has 0 fully saturated rings. The molecule has 156 valence electrons. The smallest absolute Gasteiger partial charge is 0.258 e. The minimum absolute atomic E-state index is 0.0704. The summed E-state index contributed by atoms with van der Waals surface area (Å²) in [6.45, 7) is 10.0. The SMILES string of the molecule is Cc1ccc(OCC(=O)NCC(C)NC(=O)COc2ccc(C)c(C)c2)cc1C. The van der Waals surface area contributed by atoms with Crippen LogP contribution >= 0.6 is 0 Å². The number of rotatable bonds is 9. The second-order valence-corrected chi connectivity index (χ2v) is 7.34. The number of aryl methyl sites for hydroxylation is 4. The van der Waals surface area contributed by atoms with Crippen LogP contribution in [0.4, 0.5) is 0 Å². The maximum Gasteiger partial charge on any atom is 0.258 e. The molecule has 0 bridgehead atoms. The summed E-state index contributed by atoms with van der Waals surface area (Å²) in [4.78, 5) is 24.0. The first-order valence-electron chi connectivity index (χ1n) is 9.70. The van der Waals surface area contributed by atoms with Crippen molar-refractivity contribution < 1.29 is 19.1 Å². The van der Waals surface area contributed by atoms with Gasteiger partial charge < -0.3 is 20.1 Å². The van der Waals surface area contributed by atoms with Gasteiger partial charge in [-0.1, -0.05) is 12.1 Å². The first kappa shape index (κ1) is 22.3. The lowest BCUT2D eigenvalue weighted by atomic mass is 10.1. The average molecular weight is 399 g/mol. The zero-order valence-corrected chi connectivity index (χ0v) is 17.8. The summed E-state index contributed by atoms with van der Waals surface area (Å²) in [5, 5.41) is 5.55. The number of benzene rings is 2. The van der Waals surface area contributed by atoms with Gasteiger partial charge in [-0.05, 0) is 81.1 Å². The fraction of sp³-hybridized carbons (Fsp3) is 0.391. The van der Waals surface area contributed by atoms with Crippen LogP contribution < -0.4 is 20.1 Å². The molecule has 0 aliphatic carbocycles. The second-order valence-electron chi connectivity index (χ2n) is 7.34. The number of carbonyl (C=O) groups is 2. The van der Waals surface area contributed by atoms with E-state index in [4.69, 9.17) is 9.47 Å². The number of hydrogen-bond donors (Lipinski definition) is 2. The minimum atomic E-state index is -0.240. The quantitative estimate of drug-likeness (QED) is 0.681. The van der Waals surface area contributed by atoms with Gasteiger partial charge in [0.15, 0.2) is 13.2 Å². The molecular weight excluding hydrogens is 368 g/mol. The lowest BCUT2D eigenvalue weighted by molar-refractivity contribution is -0.125. The van der Waals surface area contributed by atoms with Crippen LogP contribution in [0, 0.1) is 27.7 Å². The van der Waals surface area contributed by atoms with Gasteiger partial charge in [0.05, 0.1) is 0 Å². The van der Waals surface area contributed by atoms with Gasteiger partial charge in [-0.3, -0.25) is 9.59 Å². The third-order valence-electron chi connectivity index (χ3n) is 4.71. The Morgan fingerprint density at radius 3 is 1.76 bits per heavy atom. The Bertz CT molecular complexity index is 864. The van der Waals surface area contributed by atoms with E-state index in [9.17, 15) is 9.59 Å². The van der Waals surface area contributed by atoms with Gasteiger partial charge in [-0.2, -0.15) is 0 Å². The van der Waals surface area contributed by atoms with Crippen LogP contribution in [0.3, 0.4) is 0 Å². The number of carbonyl (C=O) groups excluding carboxylic acids is 2. The van der Waals surface area contributed by atoms with Crippen molar-refractivity contribution in [3.05, 3.63) is 58.7 Å². The Kier molecular flexibility index (Phi) is 8.07. The number of nitrogens with one attached hydrogen (secondary N) is 2. The van der Waals surface area contributed by atoms with Gasteiger partial charge in [0.25, 0.3) is 11.8 Å². The Morgan fingerprint density at radius 2 is 1.28 bits per heavy atom. The molecule has 0 aliphatic heterocycles. The monoisotopic (exact) mass is 398 g/mol. The molecule has 0 aliphatic rings. The molecule has 2 aromatic rings. The van der Waals surface area contributed by atoms with Crippen molar-refractivity contribution in [1.82, 2.24) is 10.6 Å². The van der Waals surface area contributed by atoms with Crippen LogP contribution in [-0.4, -0.2) is 37.6 Å². The van der Waals surface area contributed by atoms with Gasteiger partial charge in [0.2, 0.25) is 0 Å². The molecule has 2 N–H and O–H groups in total. The van der Waals surface area contributed by atoms with Gasteiger partial charge in [-0.25, -0.2) is 0 Å². The summed E-state index contributed by atoms with van der Waals surface area (Å²) in [6, 6.07) is 11.2.